The molecule has 0 aromatic heterocycles. The average molecular weight is 293 g/mol. The Bertz CT molecular complexity index is 631. The van der Waals surface area contributed by atoms with Crippen molar-refractivity contribution in [2.24, 2.45) is 5.73 Å². The van der Waals surface area contributed by atoms with Gasteiger partial charge in [0.25, 0.3) is 0 Å². The summed E-state index contributed by atoms with van der Waals surface area (Å²) in [5.41, 5.74) is 7.40. The van der Waals surface area contributed by atoms with Crippen molar-refractivity contribution in [2.75, 3.05) is 7.11 Å². The minimum absolute atomic E-state index is 0.320. The van der Waals surface area contributed by atoms with Gasteiger partial charge < -0.3 is 10.5 Å². The van der Waals surface area contributed by atoms with Gasteiger partial charge in [-0.25, -0.2) is 4.39 Å². The Morgan fingerprint density at radius 3 is 2.70 bits per heavy atom. The molecule has 0 radical (unpaired) electrons. The van der Waals surface area contributed by atoms with E-state index in [0.29, 0.717) is 22.9 Å². The van der Waals surface area contributed by atoms with Gasteiger partial charge in [-0.15, -0.1) is 0 Å². The van der Waals surface area contributed by atoms with Gasteiger partial charge in [0.05, 0.1) is 23.7 Å². The van der Waals surface area contributed by atoms with Crippen molar-refractivity contribution in [2.45, 2.75) is 17.2 Å². The van der Waals surface area contributed by atoms with Gasteiger partial charge in [-0.1, -0.05) is 12.1 Å². The van der Waals surface area contributed by atoms with Crippen LogP contribution in [0, 0.1) is 5.82 Å². The molecule has 0 aliphatic heterocycles. The third-order valence-corrected chi connectivity index (χ3v) is 4.30. The van der Waals surface area contributed by atoms with E-state index in [2.05, 4.69) is 0 Å². The molecular weight excluding hydrogens is 277 g/mol. The van der Waals surface area contributed by atoms with Crippen molar-refractivity contribution in [3.05, 3.63) is 59.4 Å². The SMILES string of the molecule is COc1ccc(CS(=O)c2cccc(F)c2)cc1CN. The lowest BCUT2D eigenvalue weighted by Crippen LogP contribution is -2.03. The zero-order valence-corrected chi connectivity index (χ0v) is 12.0. The lowest BCUT2D eigenvalue weighted by molar-refractivity contribution is 0.409. The number of rotatable bonds is 5. The molecule has 0 aliphatic carbocycles. The Morgan fingerprint density at radius 2 is 2.05 bits per heavy atom. The number of methoxy groups -OCH3 is 1. The van der Waals surface area contributed by atoms with Crippen LogP contribution in [0.5, 0.6) is 5.75 Å². The van der Waals surface area contributed by atoms with E-state index in [1.54, 1.807) is 25.3 Å². The van der Waals surface area contributed by atoms with Gasteiger partial charge in [0.1, 0.15) is 11.6 Å². The molecule has 0 saturated carbocycles. The lowest BCUT2D eigenvalue weighted by atomic mass is 10.1. The van der Waals surface area contributed by atoms with Gasteiger partial charge >= 0.3 is 0 Å². The normalized spacial score (nSPS) is 12.2. The number of halogens is 1. The molecule has 2 rings (SSSR count). The third-order valence-electron chi connectivity index (χ3n) is 2.92. The van der Waals surface area contributed by atoms with Crippen LogP contribution in [0.1, 0.15) is 11.1 Å². The molecule has 106 valence electrons. The molecule has 0 fully saturated rings. The van der Waals surface area contributed by atoms with Crippen LogP contribution in [0.15, 0.2) is 47.4 Å². The van der Waals surface area contributed by atoms with Crippen molar-refractivity contribution in [3.8, 4) is 5.75 Å². The maximum Gasteiger partial charge on any atom is 0.124 e. The second-order valence-electron chi connectivity index (χ2n) is 4.30. The van der Waals surface area contributed by atoms with Crippen LogP contribution >= 0.6 is 0 Å². The second kappa shape index (κ2) is 6.63. The van der Waals surface area contributed by atoms with E-state index < -0.39 is 10.8 Å². The molecule has 0 saturated heterocycles. The van der Waals surface area contributed by atoms with Gasteiger partial charge in [-0.2, -0.15) is 0 Å². The topological polar surface area (TPSA) is 52.3 Å². The fraction of sp³-hybridized carbons (Fsp3) is 0.200. The highest BCUT2D eigenvalue weighted by Crippen LogP contribution is 2.21. The number of hydrogen-bond donors (Lipinski definition) is 1. The molecular formula is C15H16FNO2S. The summed E-state index contributed by atoms with van der Waals surface area (Å²) in [4.78, 5) is 0.482. The highest BCUT2D eigenvalue weighted by molar-refractivity contribution is 7.84. The van der Waals surface area contributed by atoms with Crippen LogP contribution in [0.25, 0.3) is 0 Å². The molecule has 0 heterocycles. The number of hydrogen-bond acceptors (Lipinski definition) is 3. The summed E-state index contributed by atoms with van der Waals surface area (Å²) in [5, 5.41) is 0. The van der Waals surface area contributed by atoms with E-state index in [1.807, 2.05) is 12.1 Å². The summed E-state index contributed by atoms with van der Waals surface area (Å²) < 4.78 is 30.5. The van der Waals surface area contributed by atoms with E-state index in [0.717, 1.165) is 11.1 Å². The first-order valence-corrected chi connectivity index (χ1v) is 7.45. The lowest BCUT2D eigenvalue weighted by Gasteiger charge is -2.09. The van der Waals surface area contributed by atoms with Gasteiger partial charge in [0.2, 0.25) is 0 Å². The second-order valence-corrected chi connectivity index (χ2v) is 5.75. The molecule has 1 unspecified atom stereocenters. The summed E-state index contributed by atoms with van der Waals surface area (Å²) in [6.45, 7) is 0.351. The summed E-state index contributed by atoms with van der Waals surface area (Å²) in [6.07, 6.45) is 0. The molecule has 2 aromatic rings. The molecule has 2 N–H and O–H groups in total. The monoisotopic (exact) mass is 293 g/mol. The van der Waals surface area contributed by atoms with E-state index >= 15 is 0 Å². The first-order valence-electron chi connectivity index (χ1n) is 6.14. The molecule has 1 atom stereocenters. The highest BCUT2D eigenvalue weighted by atomic mass is 32.2. The quantitative estimate of drug-likeness (QED) is 0.922. The fourth-order valence-electron chi connectivity index (χ4n) is 1.92. The first-order chi connectivity index (χ1) is 9.63. The molecule has 20 heavy (non-hydrogen) atoms. The van der Waals surface area contributed by atoms with Crippen LogP contribution in [0.4, 0.5) is 4.39 Å². The van der Waals surface area contributed by atoms with Crippen LogP contribution in [-0.4, -0.2) is 11.3 Å². The van der Waals surface area contributed by atoms with Crippen LogP contribution < -0.4 is 10.5 Å². The number of ether oxygens (including phenoxy) is 1. The maximum absolute atomic E-state index is 13.1. The van der Waals surface area contributed by atoms with E-state index in [9.17, 15) is 8.60 Å². The van der Waals surface area contributed by atoms with E-state index in [1.165, 1.54) is 12.1 Å². The zero-order chi connectivity index (χ0) is 14.5. The predicted octanol–water partition coefficient (Wildman–Crippen LogP) is 2.60. The van der Waals surface area contributed by atoms with Crippen molar-refractivity contribution < 1.29 is 13.3 Å². The molecule has 0 aliphatic rings. The fourth-order valence-corrected chi connectivity index (χ4v) is 3.05. The van der Waals surface area contributed by atoms with Crippen molar-refractivity contribution in [3.63, 3.8) is 0 Å². The largest absolute Gasteiger partial charge is 0.496 e. The minimum atomic E-state index is -1.29. The van der Waals surface area contributed by atoms with Crippen molar-refractivity contribution >= 4 is 10.8 Å². The van der Waals surface area contributed by atoms with Crippen molar-refractivity contribution in [1.82, 2.24) is 0 Å². The Kier molecular flexibility index (Phi) is 4.87. The average Bonchev–Trinajstić information content (AvgIpc) is 2.47. The third kappa shape index (κ3) is 3.43. The van der Waals surface area contributed by atoms with Crippen LogP contribution in [-0.2, 0) is 23.1 Å². The molecule has 0 bridgehead atoms. The molecule has 3 nitrogen and oxygen atoms in total. The summed E-state index contributed by atoms with van der Waals surface area (Å²) in [6, 6.07) is 11.4. The van der Waals surface area contributed by atoms with Crippen LogP contribution in [0.3, 0.4) is 0 Å². The van der Waals surface area contributed by atoms with E-state index in [-0.39, 0.29) is 5.82 Å². The van der Waals surface area contributed by atoms with Gasteiger partial charge in [0, 0.05) is 17.0 Å². The molecule has 0 spiro atoms. The van der Waals surface area contributed by atoms with Gasteiger partial charge in [-0.05, 0) is 35.9 Å². The molecule has 2 aromatic carbocycles. The van der Waals surface area contributed by atoms with Gasteiger partial charge in [-0.3, -0.25) is 4.21 Å². The Morgan fingerprint density at radius 1 is 1.25 bits per heavy atom. The maximum atomic E-state index is 13.1. The molecule has 0 amide bonds. The summed E-state index contributed by atoms with van der Waals surface area (Å²) in [7, 11) is 0.297. The highest BCUT2D eigenvalue weighted by Gasteiger charge is 2.08. The Balaban J connectivity index is 2.19. The summed E-state index contributed by atoms with van der Waals surface area (Å²) >= 11 is 0. The summed E-state index contributed by atoms with van der Waals surface area (Å²) in [5.74, 6) is 0.654. The zero-order valence-electron chi connectivity index (χ0n) is 11.1. The Labute approximate surface area is 120 Å². The Hall–Kier alpha value is -1.72. The van der Waals surface area contributed by atoms with Gasteiger partial charge in [0.15, 0.2) is 0 Å². The smallest absolute Gasteiger partial charge is 0.124 e. The predicted molar refractivity (Wildman–Crippen MR) is 77.4 cm³/mol. The minimum Gasteiger partial charge on any atom is -0.496 e. The number of nitrogens with two attached hydrogens (primary N) is 1. The molecule has 5 heteroatoms. The van der Waals surface area contributed by atoms with Crippen molar-refractivity contribution in [1.29, 1.82) is 0 Å². The number of benzene rings is 2. The first kappa shape index (κ1) is 14.7. The standard InChI is InChI=1S/C15H16FNO2S/c1-19-15-6-5-11(7-12(15)9-17)10-20(18)14-4-2-3-13(16)8-14/h2-8H,9-10,17H2,1H3. The van der Waals surface area contributed by atoms with E-state index in [4.69, 9.17) is 10.5 Å². The van der Waals surface area contributed by atoms with Crippen LogP contribution in [0.2, 0.25) is 0 Å².